The highest BCUT2D eigenvalue weighted by Crippen LogP contribution is 2.45. The molecule has 0 unspecified atom stereocenters. The molecular formula is C25H17F3O9. The number of methoxy groups -OCH3 is 1. The summed E-state index contributed by atoms with van der Waals surface area (Å²) in [5.74, 6) is -11.8. The van der Waals surface area contributed by atoms with Crippen molar-refractivity contribution in [2.45, 2.75) is 12.3 Å². The molecule has 0 fully saturated rings. The van der Waals surface area contributed by atoms with Gasteiger partial charge in [0.1, 0.15) is 22.5 Å². The predicted molar refractivity (Wildman–Crippen MR) is 121 cm³/mol. The van der Waals surface area contributed by atoms with Gasteiger partial charge in [0.05, 0.1) is 13.5 Å². The number of rotatable bonds is 5. The lowest BCUT2D eigenvalue weighted by molar-refractivity contribution is -0.140. The van der Waals surface area contributed by atoms with Crippen molar-refractivity contribution in [1.29, 1.82) is 0 Å². The second-order valence-electron chi connectivity index (χ2n) is 7.98. The lowest BCUT2D eigenvalue weighted by atomic mass is 9.86. The van der Waals surface area contributed by atoms with E-state index in [9.17, 15) is 48.3 Å². The highest BCUT2D eigenvalue weighted by Gasteiger charge is 2.31. The fourth-order valence-electron chi connectivity index (χ4n) is 3.95. The van der Waals surface area contributed by atoms with Crippen molar-refractivity contribution in [3.05, 3.63) is 75.2 Å². The molecule has 192 valence electrons. The number of ether oxygens (including phenoxy) is 1. The van der Waals surface area contributed by atoms with Gasteiger partial charge >= 0.3 is 5.97 Å². The Hall–Kier alpha value is -4.87. The van der Waals surface area contributed by atoms with Crippen molar-refractivity contribution >= 4 is 16.9 Å². The summed E-state index contributed by atoms with van der Waals surface area (Å²) in [6.07, 6.45) is -0.686. The largest absolute Gasteiger partial charge is 0.507 e. The van der Waals surface area contributed by atoms with Gasteiger partial charge in [-0.3, -0.25) is 9.59 Å². The molecule has 0 aliphatic rings. The molecule has 0 aliphatic carbocycles. The van der Waals surface area contributed by atoms with E-state index in [1.165, 1.54) is 0 Å². The summed E-state index contributed by atoms with van der Waals surface area (Å²) in [7, 11) is 1.02. The van der Waals surface area contributed by atoms with E-state index < -0.39 is 92.2 Å². The molecule has 3 aromatic carbocycles. The van der Waals surface area contributed by atoms with Crippen LogP contribution in [0.1, 0.15) is 23.5 Å². The van der Waals surface area contributed by atoms with Crippen molar-refractivity contribution in [2.75, 3.05) is 7.11 Å². The van der Waals surface area contributed by atoms with Crippen LogP contribution < -0.4 is 5.43 Å². The highest BCUT2D eigenvalue weighted by molar-refractivity contribution is 5.92. The molecule has 0 saturated carbocycles. The number of phenolic OH excluding ortho intramolecular Hbond substituents is 4. The Morgan fingerprint density at radius 3 is 2.16 bits per heavy atom. The minimum Gasteiger partial charge on any atom is -0.507 e. The third kappa shape index (κ3) is 4.33. The monoisotopic (exact) mass is 518 g/mol. The van der Waals surface area contributed by atoms with Gasteiger partial charge in [-0.1, -0.05) is 0 Å². The van der Waals surface area contributed by atoms with E-state index in [1.807, 2.05) is 0 Å². The first kappa shape index (κ1) is 25.2. The quantitative estimate of drug-likeness (QED) is 0.149. The molecule has 37 heavy (non-hydrogen) atoms. The molecule has 1 aromatic heterocycles. The van der Waals surface area contributed by atoms with Gasteiger partial charge in [-0.25, -0.2) is 13.2 Å². The second kappa shape index (κ2) is 9.30. The van der Waals surface area contributed by atoms with Crippen molar-refractivity contribution in [1.82, 2.24) is 0 Å². The summed E-state index contributed by atoms with van der Waals surface area (Å²) < 4.78 is 52.1. The number of carbonyl (C=O) groups excluding carboxylic acids is 1. The smallest absolute Gasteiger partial charge is 0.306 e. The Morgan fingerprint density at radius 2 is 1.57 bits per heavy atom. The SMILES string of the molecule is COC(=O)C[C@H](c1cc(F)c(F)c(F)c1)c1c(O)cc(O)c2c(=O)c(O)c(-c3ccc(O)c(O)c3)oc12. The highest BCUT2D eigenvalue weighted by atomic mass is 19.2. The molecule has 0 saturated heterocycles. The van der Waals surface area contributed by atoms with Crippen LogP contribution >= 0.6 is 0 Å². The van der Waals surface area contributed by atoms with Gasteiger partial charge < -0.3 is 34.7 Å². The summed E-state index contributed by atoms with van der Waals surface area (Å²) in [5.41, 5.74) is -2.70. The maximum absolute atomic E-state index is 14.1. The maximum atomic E-state index is 14.1. The summed E-state index contributed by atoms with van der Waals surface area (Å²) in [4.78, 5) is 25.2. The van der Waals surface area contributed by atoms with Crippen LogP contribution in [0.5, 0.6) is 28.7 Å². The normalized spacial score (nSPS) is 12.0. The molecule has 0 radical (unpaired) electrons. The number of hydrogen-bond donors (Lipinski definition) is 5. The zero-order valence-electron chi connectivity index (χ0n) is 18.8. The minimum atomic E-state index is -1.79. The minimum absolute atomic E-state index is 0.121. The Bertz CT molecular complexity index is 1610. The summed E-state index contributed by atoms with van der Waals surface area (Å²) in [6, 6.07) is 4.97. The third-order valence-electron chi connectivity index (χ3n) is 5.73. The van der Waals surface area contributed by atoms with E-state index in [2.05, 4.69) is 4.74 Å². The summed E-state index contributed by atoms with van der Waals surface area (Å²) in [6.45, 7) is 0. The molecule has 0 amide bonds. The number of hydrogen-bond acceptors (Lipinski definition) is 9. The van der Waals surface area contributed by atoms with E-state index in [4.69, 9.17) is 4.42 Å². The molecule has 0 bridgehead atoms. The van der Waals surface area contributed by atoms with Crippen LogP contribution in [0.2, 0.25) is 0 Å². The molecule has 1 heterocycles. The van der Waals surface area contributed by atoms with Crippen LogP contribution in [-0.2, 0) is 9.53 Å². The topological polar surface area (TPSA) is 158 Å². The van der Waals surface area contributed by atoms with E-state index in [-0.39, 0.29) is 11.1 Å². The first-order valence-corrected chi connectivity index (χ1v) is 10.4. The molecule has 1 atom stereocenters. The van der Waals surface area contributed by atoms with Gasteiger partial charge in [0, 0.05) is 23.1 Å². The van der Waals surface area contributed by atoms with Crippen molar-refractivity contribution in [3.63, 3.8) is 0 Å². The molecule has 0 aliphatic heterocycles. The molecule has 0 spiro atoms. The Labute approximate surface area is 204 Å². The van der Waals surface area contributed by atoms with Gasteiger partial charge in [-0.2, -0.15) is 0 Å². The van der Waals surface area contributed by atoms with Crippen LogP contribution in [0.3, 0.4) is 0 Å². The first-order valence-electron chi connectivity index (χ1n) is 10.4. The van der Waals surface area contributed by atoms with E-state index in [1.54, 1.807) is 0 Å². The molecular weight excluding hydrogens is 501 g/mol. The number of aromatic hydroxyl groups is 5. The summed E-state index contributed by atoms with van der Waals surface area (Å²) in [5, 5.41) is 50.3. The Kier molecular flexibility index (Phi) is 6.34. The third-order valence-corrected chi connectivity index (χ3v) is 5.73. The van der Waals surface area contributed by atoms with E-state index in [0.717, 1.165) is 25.3 Å². The molecule has 5 N–H and O–H groups in total. The van der Waals surface area contributed by atoms with Gasteiger partial charge in [-0.05, 0) is 35.9 Å². The fraction of sp³-hybridized carbons (Fsp3) is 0.120. The average Bonchev–Trinajstić information content (AvgIpc) is 2.84. The van der Waals surface area contributed by atoms with Crippen molar-refractivity contribution in [3.8, 4) is 40.1 Å². The Balaban J connectivity index is 2.11. The van der Waals surface area contributed by atoms with Gasteiger partial charge in [0.25, 0.3) is 0 Å². The lowest BCUT2D eigenvalue weighted by Gasteiger charge is -2.21. The van der Waals surface area contributed by atoms with Crippen LogP contribution in [0.4, 0.5) is 13.2 Å². The van der Waals surface area contributed by atoms with Crippen LogP contribution in [-0.4, -0.2) is 38.6 Å². The van der Waals surface area contributed by atoms with Crippen LogP contribution in [0.15, 0.2) is 45.6 Å². The first-order chi connectivity index (χ1) is 17.4. The molecule has 4 rings (SSSR count). The van der Waals surface area contributed by atoms with Gasteiger partial charge in [0.2, 0.25) is 11.2 Å². The van der Waals surface area contributed by atoms with Crippen molar-refractivity contribution < 1.29 is 52.7 Å². The molecule has 9 nitrogen and oxygen atoms in total. The molecule has 12 heteroatoms. The zero-order chi connectivity index (χ0) is 27.2. The number of esters is 1. The van der Waals surface area contributed by atoms with Crippen LogP contribution in [0, 0.1) is 17.5 Å². The number of fused-ring (bicyclic) bond motifs is 1. The van der Waals surface area contributed by atoms with E-state index in [0.29, 0.717) is 18.2 Å². The predicted octanol–water partition coefficient (Wildman–Crippen LogP) is 4.10. The summed E-state index contributed by atoms with van der Waals surface area (Å²) >= 11 is 0. The number of benzene rings is 3. The number of halogens is 3. The zero-order valence-corrected chi connectivity index (χ0v) is 18.8. The van der Waals surface area contributed by atoms with Gasteiger partial charge in [-0.15, -0.1) is 0 Å². The van der Waals surface area contributed by atoms with E-state index >= 15 is 0 Å². The standard InChI is InChI=1S/C25H17F3O9/c1-36-18(33)7-11(10-4-12(26)21(28)13(27)5-10)19-16(31)8-17(32)20-22(34)23(35)24(37-25(19)20)9-2-3-14(29)15(30)6-9/h2-6,8,11,29-32,35H,7H2,1H3/t11-/m1/s1. The average molecular weight is 518 g/mol. The number of phenols is 4. The second-order valence-corrected chi connectivity index (χ2v) is 7.98. The van der Waals surface area contributed by atoms with Crippen molar-refractivity contribution in [2.24, 2.45) is 0 Å². The van der Waals surface area contributed by atoms with Gasteiger partial charge in [0.15, 0.2) is 34.7 Å². The maximum Gasteiger partial charge on any atom is 0.306 e. The Morgan fingerprint density at radius 1 is 0.919 bits per heavy atom. The van der Waals surface area contributed by atoms with Crippen LogP contribution in [0.25, 0.3) is 22.3 Å². The number of carbonyl (C=O) groups is 1. The molecule has 4 aromatic rings. The fourth-order valence-corrected chi connectivity index (χ4v) is 3.95. The lowest BCUT2D eigenvalue weighted by Crippen LogP contribution is -2.13.